The summed E-state index contributed by atoms with van der Waals surface area (Å²) in [4.78, 5) is 27.4. The molecule has 0 aromatic heterocycles. The molecule has 1 amide bonds. The molecule has 46 heavy (non-hydrogen) atoms. The summed E-state index contributed by atoms with van der Waals surface area (Å²) in [6.07, 6.45) is -0.439. The third-order valence-corrected chi connectivity index (χ3v) is 8.57. The first-order valence-electron chi connectivity index (χ1n) is 15.1. The molecule has 4 aromatic carbocycles. The number of carboxylic acid groups (broad SMARTS) is 1. The van der Waals surface area contributed by atoms with Gasteiger partial charge in [-0.3, -0.25) is 9.69 Å². The van der Waals surface area contributed by atoms with E-state index >= 15 is 0 Å². The number of benzene rings is 4. The number of nitrogens with zero attached hydrogens (tertiary/aromatic N) is 1. The molecule has 0 radical (unpaired) electrons. The summed E-state index contributed by atoms with van der Waals surface area (Å²) in [6, 6.07) is 16.4. The average molecular weight is 635 g/mol. The van der Waals surface area contributed by atoms with Crippen molar-refractivity contribution in [2.45, 2.75) is 51.6 Å². The molecule has 0 unspecified atom stereocenters. The Balaban J connectivity index is 1.51. The lowest BCUT2D eigenvalue weighted by Crippen LogP contribution is -2.42. The molecule has 2 N–H and O–H groups in total. The molecule has 0 aliphatic carbocycles. The summed E-state index contributed by atoms with van der Waals surface area (Å²) >= 11 is 0. The zero-order chi connectivity index (χ0) is 33.2. The Hall–Kier alpha value is -4.57. The van der Waals surface area contributed by atoms with E-state index in [4.69, 9.17) is 9.47 Å². The second-order valence-electron chi connectivity index (χ2n) is 11.8. The van der Waals surface area contributed by atoms with Gasteiger partial charge in [-0.15, -0.1) is 0 Å². The van der Waals surface area contributed by atoms with Crippen molar-refractivity contribution in [3.8, 4) is 22.6 Å². The number of amides is 1. The number of carboxylic acids is 1. The van der Waals surface area contributed by atoms with E-state index in [0.717, 1.165) is 21.9 Å². The standard InChI is InChI=1S/C36H37F3N2O5/c1-21-17-22(2)31(28(37)18-21)34(42)40-29(35(43)44)19-23-7-5-9-26-25(23)8-6-10-27(26)32-30(45-3)12-11-24(33(32)46-4)20-41-15-13-36(38,39)14-16-41/h5-12,17-18,29H,13-16,19-20H2,1-4H3,(H,40,42)(H,43,44)/t29-/m0/s1. The van der Waals surface area contributed by atoms with Crippen LogP contribution in [0.2, 0.25) is 0 Å². The van der Waals surface area contributed by atoms with Crippen LogP contribution >= 0.6 is 0 Å². The number of aryl methyl sites for hydroxylation is 2. The van der Waals surface area contributed by atoms with Crippen molar-refractivity contribution in [1.82, 2.24) is 10.2 Å². The maximum Gasteiger partial charge on any atom is 0.326 e. The first-order valence-corrected chi connectivity index (χ1v) is 15.1. The third-order valence-electron chi connectivity index (χ3n) is 8.57. The molecule has 7 nitrogen and oxygen atoms in total. The summed E-state index contributed by atoms with van der Waals surface area (Å²) in [6.45, 7) is 4.29. The van der Waals surface area contributed by atoms with Gasteiger partial charge in [-0.25, -0.2) is 18.0 Å². The van der Waals surface area contributed by atoms with Crippen molar-refractivity contribution >= 4 is 22.6 Å². The van der Waals surface area contributed by atoms with Gasteiger partial charge in [0.15, 0.2) is 0 Å². The highest BCUT2D eigenvalue weighted by molar-refractivity contribution is 6.02. The van der Waals surface area contributed by atoms with Crippen LogP contribution in [-0.4, -0.2) is 61.2 Å². The number of ether oxygens (including phenoxy) is 2. The fraction of sp³-hybridized carbons (Fsp3) is 0.333. The molecule has 1 saturated heterocycles. The molecule has 4 aromatic rings. The van der Waals surface area contributed by atoms with Gasteiger partial charge in [-0.2, -0.15) is 0 Å². The highest BCUT2D eigenvalue weighted by Crippen LogP contribution is 2.44. The van der Waals surface area contributed by atoms with E-state index in [9.17, 15) is 27.9 Å². The van der Waals surface area contributed by atoms with Gasteiger partial charge >= 0.3 is 5.97 Å². The predicted molar refractivity (Wildman–Crippen MR) is 170 cm³/mol. The first-order chi connectivity index (χ1) is 21.9. The van der Waals surface area contributed by atoms with E-state index in [1.807, 2.05) is 47.4 Å². The topological polar surface area (TPSA) is 88.1 Å². The third kappa shape index (κ3) is 6.82. The number of hydrogen-bond acceptors (Lipinski definition) is 5. The molecule has 1 fully saturated rings. The number of rotatable bonds is 10. The van der Waals surface area contributed by atoms with E-state index in [2.05, 4.69) is 5.32 Å². The number of piperidine rings is 1. The van der Waals surface area contributed by atoms with Gasteiger partial charge in [0, 0.05) is 44.5 Å². The number of aliphatic carboxylic acids is 1. The van der Waals surface area contributed by atoms with Crippen LogP contribution in [0.4, 0.5) is 13.2 Å². The average Bonchev–Trinajstić information content (AvgIpc) is 3.00. The Morgan fingerprint density at radius 1 is 0.957 bits per heavy atom. The molecule has 1 aliphatic heterocycles. The summed E-state index contributed by atoms with van der Waals surface area (Å²) < 4.78 is 54.0. The zero-order valence-corrected chi connectivity index (χ0v) is 26.3. The molecular formula is C36H37F3N2O5. The molecular weight excluding hydrogens is 597 g/mol. The van der Waals surface area contributed by atoms with Crippen LogP contribution in [0.1, 0.15) is 45.5 Å². The smallest absolute Gasteiger partial charge is 0.326 e. The van der Waals surface area contributed by atoms with Crippen LogP contribution in [0.3, 0.4) is 0 Å². The largest absolute Gasteiger partial charge is 0.496 e. The lowest BCUT2D eigenvalue weighted by Gasteiger charge is -2.32. The maximum atomic E-state index is 14.7. The predicted octanol–water partition coefficient (Wildman–Crippen LogP) is 6.94. The van der Waals surface area contributed by atoms with E-state index in [-0.39, 0.29) is 37.9 Å². The van der Waals surface area contributed by atoms with E-state index < -0.39 is 29.7 Å². The van der Waals surface area contributed by atoms with Crippen LogP contribution in [0.15, 0.2) is 60.7 Å². The molecule has 10 heteroatoms. The number of hydrogen-bond donors (Lipinski definition) is 2. The second kappa shape index (κ2) is 13.4. The molecule has 0 saturated carbocycles. The number of carbonyl (C=O) groups excluding carboxylic acids is 1. The minimum Gasteiger partial charge on any atom is -0.496 e. The fourth-order valence-electron chi connectivity index (χ4n) is 6.29. The van der Waals surface area contributed by atoms with Crippen molar-refractivity contribution in [3.05, 3.63) is 94.3 Å². The van der Waals surface area contributed by atoms with Gasteiger partial charge in [0.2, 0.25) is 0 Å². The number of likely N-dealkylation sites (tertiary alicyclic amines) is 1. The lowest BCUT2D eigenvalue weighted by atomic mass is 9.91. The minimum atomic E-state index is -2.65. The summed E-state index contributed by atoms with van der Waals surface area (Å²) in [5.41, 5.74) is 3.82. The monoisotopic (exact) mass is 634 g/mol. The Morgan fingerprint density at radius 2 is 1.65 bits per heavy atom. The summed E-state index contributed by atoms with van der Waals surface area (Å²) in [5.74, 6) is -4.30. The van der Waals surface area contributed by atoms with Crippen LogP contribution in [0.25, 0.3) is 21.9 Å². The van der Waals surface area contributed by atoms with Gasteiger partial charge in [0.25, 0.3) is 11.8 Å². The van der Waals surface area contributed by atoms with Crippen molar-refractivity contribution in [2.75, 3.05) is 27.3 Å². The maximum absolute atomic E-state index is 14.7. The van der Waals surface area contributed by atoms with E-state index in [1.165, 1.54) is 6.07 Å². The fourth-order valence-corrected chi connectivity index (χ4v) is 6.29. The van der Waals surface area contributed by atoms with Gasteiger partial charge < -0.3 is 19.9 Å². The summed E-state index contributed by atoms with van der Waals surface area (Å²) in [5, 5.41) is 14.1. The van der Waals surface area contributed by atoms with Gasteiger partial charge in [0.05, 0.1) is 25.3 Å². The zero-order valence-electron chi connectivity index (χ0n) is 26.3. The minimum absolute atomic E-state index is 0.0533. The Labute approximate surface area is 265 Å². The van der Waals surface area contributed by atoms with Gasteiger partial charge in [-0.05, 0) is 59.0 Å². The number of fused-ring (bicyclic) bond motifs is 1. The molecule has 0 bridgehead atoms. The van der Waals surface area contributed by atoms with E-state index in [1.54, 1.807) is 40.2 Å². The van der Waals surface area contributed by atoms with Gasteiger partial charge in [0.1, 0.15) is 23.4 Å². The SMILES string of the molecule is COc1ccc(CN2CCC(F)(F)CC2)c(OC)c1-c1cccc2c(C[C@H](NC(=O)c3c(C)cc(C)cc3F)C(=O)O)cccc12. The molecule has 1 aliphatic rings. The number of methoxy groups -OCH3 is 2. The van der Waals surface area contributed by atoms with E-state index in [0.29, 0.717) is 40.3 Å². The van der Waals surface area contributed by atoms with Crippen LogP contribution in [0.5, 0.6) is 11.5 Å². The molecule has 242 valence electrons. The number of alkyl halides is 2. The first kappa shape index (κ1) is 32.8. The van der Waals surface area contributed by atoms with Crippen molar-refractivity contribution in [2.24, 2.45) is 0 Å². The van der Waals surface area contributed by atoms with Crippen LogP contribution < -0.4 is 14.8 Å². The van der Waals surface area contributed by atoms with Crippen molar-refractivity contribution in [1.29, 1.82) is 0 Å². The normalized spacial score (nSPS) is 15.4. The van der Waals surface area contributed by atoms with Crippen molar-refractivity contribution < 1.29 is 37.3 Å². The molecule has 0 spiro atoms. The van der Waals surface area contributed by atoms with Crippen molar-refractivity contribution in [3.63, 3.8) is 0 Å². The Bertz CT molecular complexity index is 1760. The number of carbonyl (C=O) groups is 2. The number of halogens is 3. The quantitative estimate of drug-likeness (QED) is 0.197. The molecule has 1 atom stereocenters. The Morgan fingerprint density at radius 3 is 2.30 bits per heavy atom. The Kier molecular flexibility index (Phi) is 9.58. The summed E-state index contributed by atoms with van der Waals surface area (Å²) in [7, 11) is 3.11. The highest BCUT2D eigenvalue weighted by Gasteiger charge is 2.34. The second-order valence-corrected chi connectivity index (χ2v) is 11.8. The lowest BCUT2D eigenvalue weighted by molar-refractivity contribution is -0.139. The highest BCUT2D eigenvalue weighted by atomic mass is 19.3. The van der Waals surface area contributed by atoms with Crippen LogP contribution in [-0.2, 0) is 17.8 Å². The van der Waals surface area contributed by atoms with Gasteiger partial charge in [-0.1, -0.05) is 48.5 Å². The number of nitrogens with one attached hydrogen (secondary N) is 1. The molecule has 1 heterocycles. The molecule has 5 rings (SSSR count). The van der Waals surface area contributed by atoms with Crippen LogP contribution in [0, 0.1) is 19.7 Å².